The SMILES string of the molecule is Cl.Cl.NC[C@H]1CC[C@@H](C(=O)NCCCNc2ccccn2)O1. The van der Waals surface area contributed by atoms with Crippen molar-refractivity contribution in [2.45, 2.75) is 31.5 Å². The second-order valence-electron chi connectivity index (χ2n) is 4.85. The Labute approximate surface area is 143 Å². The molecule has 0 aliphatic carbocycles. The molecule has 8 heteroatoms. The number of nitrogens with zero attached hydrogens (tertiary/aromatic N) is 1. The van der Waals surface area contributed by atoms with Crippen LogP contribution < -0.4 is 16.4 Å². The lowest BCUT2D eigenvalue weighted by Gasteiger charge is -2.12. The Kier molecular flexibility index (Phi) is 10.9. The molecule has 1 saturated heterocycles. The normalized spacial score (nSPS) is 19.7. The fourth-order valence-corrected chi connectivity index (χ4v) is 2.17. The molecule has 0 aromatic carbocycles. The first kappa shape index (κ1) is 20.9. The third-order valence-electron chi connectivity index (χ3n) is 3.29. The van der Waals surface area contributed by atoms with Gasteiger partial charge in [0, 0.05) is 25.8 Å². The number of halogens is 2. The number of rotatable bonds is 7. The largest absolute Gasteiger partial charge is 0.370 e. The number of pyridine rings is 1. The van der Waals surface area contributed by atoms with Crippen LogP contribution in [0.3, 0.4) is 0 Å². The summed E-state index contributed by atoms with van der Waals surface area (Å²) >= 11 is 0. The number of carbonyl (C=O) groups is 1. The lowest BCUT2D eigenvalue weighted by atomic mass is 10.2. The minimum atomic E-state index is -0.327. The van der Waals surface area contributed by atoms with Crippen molar-refractivity contribution >= 4 is 36.5 Å². The number of carbonyl (C=O) groups excluding carboxylic acids is 1. The lowest BCUT2D eigenvalue weighted by Crippen LogP contribution is -2.36. The fourth-order valence-electron chi connectivity index (χ4n) is 2.17. The van der Waals surface area contributed by atoms with Crippen LogP contribution in [0.25, 0.3) is 0 Å². The van der Waals surface area contributed by atoms with E-state index in [9.17, 15) is 4.79 Å². The van der Waals surface area contributed by atoms with E-state index >= 15 is 0 Å². The number of nitrogens with one attached hydrogen (secondary N) is 2. The standard InChI is InChI=1S/C14H22N4O2.2ClH/c15-10-11-5-6-12(20-11)14(19)18-9-3-8-17-13-4-1-2-7-16-13;;/h1-2,4,7,11-12H,3,5-6,8-10,15H2,(H,16,17)(H,18,19);2*1H/t11-,12+;;/m1../s1. The van der Waals surface area contributed by atoms with Crippen molar-refractivity contribution in [2.24, 2.45) is 5.73 Å². The van der Waals surface area contributed by atoms with Gasteiger partial charge in [0.25, 0.3) is 0 Å². The maximum Gasteiger partial charge on any atom is 0.249 e. The van der Waals surface area contributed by atoms with Crippen LogP contribution in [0.2, 0.25) is 0 Å². The summed E-state index contributed by atoms with van der Waals surface area (Å²) in [7, 11) is 0. The Bertz CT molecular complexity index is 423. The summed E-state index contributed by atoms with van der Waals surface area (Å²) in [4.78, 5) is 16.0. The van der Waals surface area contributed by atoms with Gasteiger partial charge in [-0.2, -0.15) is 0 Å². The first-order valence-corrected chi connectivity index (χ1v) is 7.07. The summed E-state index contributed by atoms with van der Waals surface area (Å²) in [6, 6.07) is 5.72. The zero-order chi connectivity index (χ0) is 14.2. The predicted molar refractivity (Wildman–Crippen MR) is 91.8 cm³/mol. The van der Waals surface area contributed by atoms with Gasteiger partial charge < -0.3 is 21.1 Å². The van der Waals surface area contributed by atoms with Gasteiger partial charge in [-0.05, 0) is 31.4 Å². The van der Waals surface area contributed by atoms with Gasteiger partial charge in [-0.25, -0.2) is 4.98 Å². The zero-order valence-electron chi connectivity index (χ0n) is 12.4. The van der Waals surface area contributed by atoms with Crippen molar-refractivity contribution < 1.29 is 9.53 Å². The number of ether oxygens (including phenoxy) is 1. The van der Waals surface area contributed by atoms with Gasteiger partial charge >= 0.3 is 0 Å². The molecule has 1 aliphatic rings. The Balaban J connectivity index is 0.00000220. The Morgan fingerprint density at radius 1 is 1.32 bits per heavy atom. The van der Waals surface area contributed by atoms with E-state index in [0.29, 0.717) is 13.1 Å². The highest BCUT2D eigenvalue weighted by atomic mass is 35.5. The average molecular weight is 351 g/mol. The molecule has 22 heavy (non-hydrogen) atoms. The van der Waals surface area contributed by atoms with E-state index < -0.39 is 0 Å². The fraction of sp³-hybridized carbons (Fsp3) is 0.571. The van der Waals surface area contributed by atoms with Crippen molar-refractivity contribution in [3.05, 3.63) is 24.4 Å². The van der Waals surface area contributed by atoms with E-state index in [0.717, 1.165) is 31.6 Å². The van der Waals surface area contributed by atoms with Crippen LogP contribution in [0.5, 0.6) is 0 Å². The molecule has 0 radical (unpaired) electrons. The molecule has 1 aromatic rings. The summed E-state index contributed by atoms with van der Waals surface area (Å²) < 4.78 is 5.54. The van der Waals surface area contributed by atoms with Gasteiger partial charge in [0.05, 0.1) is 6.10 Å². The van der Waals surface area contributed by atoms with Gasteiger partial charge in [0.1, 0.15) is 11.9 Å². The average Bonchev–Trinajstić information content (AvgIpc) is 2.97. The van der Waals surface area contributed by atoms with Crippen LogP contribution in [-0.2, 0) is 9.53 Å². The molecular formula is C14H24Cl2N4O2. The molecule has 1 aromatic heterocycles. The highest BCUT2D eigenvalue weighted by molar-refractivity contribution is 5.85. The van der Waals surface area contributed by atoms with Crippen LogP contribution in [0, 0.1) is 0 Å². The van der Waals surface area contributed by atoms with Crippen LogP contribution in [-0.4, -0.2) is 42.7 Å². The minimum Gasteiger partial charge on any atom is -0.370 e. The van der Waals surface area contributed by atoms with Crippen molar-refractivity contribution in [2.75, 3.05) is 25.0 Å². The first-order chi connectivity index (χ1) is 9.79. The third-order valence-corrected chi connectivity index (χ3v) is 3.29. The quantitative estimate of drug-likeness (QED) is 0.646. The molecule has 6 nitrogen and oxygen atoms in total. The Morgan fingerprint density at radius 3 is 2.77 bits per heavy atom. The molecule has 1 fully saturated rings. The number of hydrogen-bond donors (Lipinski definition) is 3. The summed E-state index contributed by atoms with van der Waals surface area (Å²) in [6.45, 7) is 1.89. The highest BCUT2D eigenvalue weighted by Gasteiger charge is 2.29. The second-order valence-corrected chi connectivity index (χ2v) is 4.85. The summed E-state index contributed by atoms with van der Waals surface area (Å²) in [5, 5.41) is 6.08. The van der Waals surface area contributed by atoms with Crippen LogP contribution >= 0.6 is 24.8 Å². The molecule has 4 N–H and O–H groups in total. The number of anilines is 1. The number of nitrogens with two attached hydrogens (primary N) is 1. The summed E-state index contributed by atoms with van der Waals surface area (Å²) in [6.07, 6.45) is 3.93. The van der Waals surface area contributed by atoms with Gasteiger partial charge in [0.15, 0.2) is 0 Å². The van der Waals surface area contributed by atoms with Crippen LogP contribution in [0.1, 0.15) is 19.3 Å². The Morgan fingerprint density at radius 2 is 2.14 bits per heavy atom. The third kappa shape index (κ3) is 6.79. The number of aromatic nitrogens is 1. The molecule has 2 rings (SSSR count). The maximum absolute atomic E-state index is 11.8. The van der Waals surface area contributed by atoms with Crippen LogP contribution in [0.15, 0.2) is 24.4 Å². The lowest BCUT2D eigenvalue weighted by molar-refractivity contribution is -0.131. The molecule has 0 unspecified atom stereocenters. The van der Waals surface area contributed by atoms with Crippen LogP contribution in [0.4, 0.5) is 5.82 Å². The zero-order valence-corrected chi connectivity index (χ0v) is 14.0. The molecule has 0 spiro atoms. The second kappa shape index (κ2) is 11.5. The molecule has 0 bridgehead atoms. The van der Waals surface area contributed by atoms with Crippen molar-refractivity contribution in [1.82, 2.24) is 10.3 Å². The van der Waals surface area contributed by atoms with E-state index in [1.54, 1.807) is 6.20 Å². The maximum atomic E-state index is 11.8. The predicted octanol–water partition coefficient (Wildman–Crippen LogP) is 1.35. The van der Waals surface area contributed by atoms with Gasteiger partial charge in [-0.15, -0.1) is 24.8 Å². The Hall–Kier alpha value is -1.08. The minimum absolute atomic E-state index is 0. The monoisotopic (exact) mass is 350 g/mol. The van der Waals surface area contributed by atoms with Crippen molar-refractivity contribution in [3.63, 3.8) is 0 Å². The number of hydrogen-bond acceptors (Lipinski definition) is 5. The highest BCUT2D eigenvalue weighted by Crippen LogP contribution is 2.18. The van der Waals surface area contributed by atoms with E-state index in [1.807, 2.05) is 18.2 Å². The van der Waals surface area contributed by atoms with E-state index in [-0.39, 0.29) is 42.9 Å². The molecular weight excluding hydrogens is 327 g/mol. The van der Waals surface area contributed by atoms with Gasteiger partial charge in [-0.3, -0.25) is 4.79 Å². The number of amides is 1. The molecule has 2 atom stereocenters. The van der Waals surface area contributed by atoms with Crippen molar-refractivity contribution in [3.8, 4) is 0 Å². The van der Waals surface area contributed by atoms with E-state index in [4.69, 9.17) is 10.5 Å². The van der Waals surface area contributed by atoms with Gasteiger partial charge in [-0.1, -0.05) is 6.07 Å². The van der Waals surface area contributed by atoms with Crippen molar-refractivity contribution in [1.29, 1.82) is 0 Å². The molecule has 1 amide bonds. The topological polar surface area (TPSA) is 89.3 Å². The summed E-state index contributed by atoms with van der Waals surface area (Å²) in [5.41, 5.74) is 5.52. The molecule has 0 saturated carbocycles. The smallest absolute Gasteiger partial charge is 0.249 e. The van der Waals surface area contributed by atoms with E-state index in [1.165, 1.54) is 0 Å². The van der Waals surface area contributed by atoms with E-state index in [2.05, 4.69) is 15.6 Å². The molecule has 1 aliphatic heterocycles. The van der Waals surface area contributed by atoms with Gasteiger partial charge in [0.2, 0.25) is 5.91 Å². The summed E-state index contributed by atoms with van der Waals surface area (Å²) in [5.74, 6) is 0.822. The first-order valence-electron chi connectivity index (χ1n) is 7.07. The molecule has 2 heterocycles. The molecule has 126 valence electrons.